The fourth-order valence-electron chi connectivity index (χ4n) is 2.59. The third kappa shape index (κ3) is 3.22. The Hall–Kier alpha value is -1.64. The number of carbonyl (C=O) groups is 2. The monoisotopic (exact) mass is 259 g/mol. The van der Waals surface area contributed by atoms with Crippen molar-refractivity contribution in [2.75, 3.05) is 13.1 Å². The van der Waals surface area contributed by atoms with Crippen molar-refractivity contribution in [3.8, 4) is 0 Å². The van der Waals surface area contributed by atoms with Gasteiger partial charge in [0.05, 0.1) is 0 Å². The molecule has 0 aliphatic carbocycles. The van der Waals surface area contributed by atoms with Gasteiger partial charge in [-0.25, -0.2) is 0 Å². The molecule has 0 saturated carbocycles. The maximum absolute atomic E-state index is 12.4. The van der Waals surface area contributed by atoms with Crippen molar-refractivity contribution in [2.45, 2.75) is 33.1 Å². The smallest absolute Gasteiger partial charge is 0.222 e. The van der Waals surface area contributed by atoms with E-state index in [1.165, 1.54) is 0 Å². The first-order chi connectivity index (χ1) is 9.11. The predicted molar refractivity (Wildman–Crippen MR) is 75.1 cm³/mol. The predicted octanol–water partition coefficient (Wildman–Crippen LogP) is 2.83. The standard InChI is InChI=1S/C16H21NO2/c1-3-15(18)17-10-4-5-14(11-17)16(19)13-8-6-12(2)7-9-13/h6-9,14H,3-5,10-11H2,1-2H3. The van der Waals surface area contributed by atoms with Crippen LogP contribution in [0, 0.1) is 12.8 Å². The summed E-state index contributed by atoms with van der Waals surface area (Å²) in [6.45, 7) is 5.26. The molecule has 2 rings (SSSR count). The largest absolute Gasteiger partial charge is 0.342 e. The number of benzene rings is 1. The summed E-state index contributed by atoms with van der Waals surface area (Å²) in [5.74, 6) is 0.293. The number of carbonyl (C=O) groups excluding carboxylic acids is 2. The first-order valence-electron chi connectivity index (χ1n) is 7.00. The minimum atomic E-state index is -0.0352. The fourth-order valence-corrected chi connectivity index (χ4v) is 2.59. The summed E-state index contributed by atoms with van der Waals surface area (Å²) in [7, 11) is 0. The van der Waals surface area contributed by atoms with Crippen LogP contribution in [-0.2, 0) is 4.79 Å². The summed E-state index contributed by atoms with van der Waals surface area (Å²) in [5.41, 5.74) is 1.92. The SMILES string of the molecule is CCC(=O)N1CCCC(C(=O)c2ccc(C)cc2)C1. The van der Waals surface area contributed by atoms with Crippen LogP contribution in [0.5, 0.6) is 0 Å². The average Bonchev–Trinajstić information content (AvgIpc) is 2.46. The number of Topliss-reactive ketones (excluding diaryl/α,β-unsaturated/α-hetero) is 1. The van der Waals surface area contributed by atoms with Gasteiger partial charge in [0.25, 0.3) is 0 Å². The second kappa shape index (κ2) is 6.00. The topological polar surface area (TPSA) is 37.4 Å². The zero-order valence-corrected chi connectivity index (χ0v) is 11.7. The highest BCUT2D eigenvalue weighted by molar-refractivity contribution is 5.98. The zero-order chi connectivity index (χ0) is 13.8. The molecule has 19 heavy (non-hydrogen) atoms. The molecule has 1 aliphatic heterocycles. The lowest BCUT2D eigenvalue weighted by Gasteiger charge is -2.32. The van der Waals surface area contributed by atoms with Crippen molar-refractivity contribution in [3.05, 3.63) is 35.4 Å². The van der Waals surface area contributed by atoms with E-state index >= 15 is 0 Å². The number of amides is 1. The van der Waals surface area contributed by atoms with Gasteiger partial charge in [-0.2, -0.15) is 0 Å². The van der Waals surface area contributed by atoms with Gasteiger partial charge < -0.3 is 4.90 Å². The molecule has 1 atom stereocenters. The van der Waals surface area contributed by atoms with Gasteiger partial charge in [0.15, 0.2) is 5.78 Å². The van der Waals surface area contributed by atoms with Crippen LogP contribution in [0.15, 0.2) is 24.3 Å². The molecule has 3 nitrogen and oxygen atoms in total. The molecule has 102 valence electrons. The van der Waals surface area contributed by atoms with Crippen molar-refractivity contribution in [3.63, 3.8) is 0 Å². The Morgan fingerprint density at radius 3 is 2.58 bits per heavy atom. The van der Waals surface area contributed by atoms with E-state index in [9.17, 15) is 9.59 Å². The van der Waals surface area contributed by atoms with Crippen LogP contribution in [0.2, 0.25) is 0 Å². The molecule has 1 amide bonds. The minimum absolute atomic E-state index is 0.0352. The molecule has 3 heteroatoms. The summed E-state index contributed by atoms with van der Waals surface area (Å²) < 4.78 is 0. The highest BCUT2D eigenvalue weighted by atomic mass is 16.2. The number of likely N-dealkylation sites (tertiary alicyclic amines) is 1. The lowest BCUT2D eigenvalue weighted by molar-refractivity contribution is -0.132. The van der Waals surface area contributed by atoms with Crippen LogP contribution in [0.4, 0.5) is 0 Å². The molecule has 0 bridgehead atoms. The minimum Gasteiger partial charge on any atom is -0.342 e. The van der Waals surface area contributed by atoms with Gasteiger partial charge in [-0.05, 0) is 19.8 Å². The van der Waals surface area contributed by atoms with Gasteiger partial charge in [-0.15, -0.1) is 0 Å². The van der Waals surface area contributed by atoms with Crippen molar-refractivity contribution in [1.29, 1.82) is 0 Å². The van der Waals surface area contributed by atoms with Gasteiger partial charge in [0, 0.05) is 31.0 Å². The number of piperidine rings is 1. The fraction of sp³-hybridized carbons (Fsp3) is 0.500. The third-order valence-electron chi connectivity index (χ3n) is 3.78. The summed E-state index contributed by atoms with van der Waals surface area (Å²) in [4.78, 5) is 26.0. The van der Waals surface area contributed by atoms with Crippen molar-refractivity contribution in [2.24, 2.45) is 5.92 Å². The van der Waals surface area contributed by atoms with E-state index in [1.54, 1.807) is 0 Å². The Kier molecular flexibility index (Phi) is 4.35. The van der Waals surface area contributed by atoms with E-state index in [0.29, 0.717) is 13.0 Å². The lowest BCUT2D eigenvalue weighted by atomic mass is 9.89. The number of nitrogens with zero attached hydrogens (tertiary/aromatic N) is 1. The summed E-state index contributed by atoms with van der Waals surface area (Å²) in [6, 6.07) is 7.70. The molecule has 1 heterocycles. The second-order valence-electron chi connectivity index (χ2n) is 5.26. The molecule has 1 saturated heterocycles. The second-order valence-corrected chi connectivity index (χ2v) is 5.26. The van der Waals surface area contributed by atoms with Crippen LogP contribution >= 0.6 is 0 Å². The maximum Gasteiger partial charge on any atom is 0.222 e. The molecule has 0 radical (unpaired) electrons. The van der Waals surface area contributed by atoms with Crippen LogP contribution in [0.25, 0.3) is 0 Å². The highest BCUT2D eigenvalue weighted by Crippen LogP contribution is 2.21. The summed E-state index contributed by atoms with van der Waals surface area (Å²) in [5, 5.41) is 0. The lowest BCUT2D eigenvalue weighted by Crippen LogP contribution is -2.42. The molecule has 1 aliphatic rings. The quantitative estimate of drug-likeness (QED) is 0.783. The van der Waals surface area contributed by atoms with Gasteiger partial charge >= 0.3 is 0 Å². The normalized spacial score (nSPS) is 19.3. The molecule has 1 fully saturated rings. The number of ketones is 1. The Bertz CT molecular complexity index is 464. The summed E-state index contributed by atoms with van der Waals surface area (Å²) >= 11 is 0. The van der Waals surface area contributed by atoms with E-state index in [-0.39, 0.29) is 17.6 Å². The molecule has 1 aromatic rings. The third-order valence-corrected chi connectivity index (χ3v) is 3.78. The van der Waals surface area contributed by atoms with Gasteiger partial charge in [-0.1, -0.05) is 36.8 Å². The first-order valence-corrected chi connectivity index (χ1v) is 7.00. The maximum atomic E-state index is 12.4. The van der Waals surface area contributed by atoms with Crippen molar-refractivity contribution < 1.29 is 9.59 Å². The van der Waals surface area contributed by atoms with Crippen molar-refractivity contribution in [1.82, 2.24) is 4.90 Å². The summed E-state index contributed by atoms with van der Waals surface area (Å²) in [6.07, 6.45) is 2.33. The molecular formula is C16H21NO2. The number of hydrogen-bond acceptors (Lipinski definition) is 2. The van der Waals surface area contributed by atoms with Crippen LogP contribution in [0.3, 0.4) is 0 Å². The first kappa shape index (κ1) is 13.8. The Balaban J connectivity index is 2.06. The highest BCUT2D eigenvalue weighted by Gasteiger charge is 2.28. The molecule has 0 spiro atoms. The van der Waals surface area contributed by atoms with Crippen molar-refractivity contribution >= 4 is 11.7 Å². The number of aryl methyl sites for hydroxylation is 1. The van der Waals surface area contributed by atoms with Crippen LogP contribution < -0.4 is 0 Å². The molecular weight excluding hydrogens is 238 g/mol. The molecule has 0 aromatic heterocycles. The average molecular weight is 259 g/mol. The molecule has 1 aromatic carbocycles. The van der Waals surface area contributed by atoms with Crippen LogP contribution in [0.1, 0.15) is 42.1 Å². The van der Waals surface area contributed by atoms with E-state index < -0.39 is 0 Å². The number of hydrogen-bond donors (Lipinski definition) is 0. The zero-order valence-electron chi connectivity index (χ0n) is 11.7. The van der Waals surface area contributed by atoms with Crippen LogP contribution in [-0.4, -0.2) is 29.7 Å². The van der Waals surface area contributed by atoms with Gasteiger partial charge in [-0.3, -0.25) is 9.59 Å². The van der Waals surface area contributed by atoms with E-state index in [0.717, 1.165) is 30.5 Å². The van der Waals surface area contributed by atoms with E-state index in [1.807, 2.05) is 43.0 Å². The number of rotatable bonds is 3. The Morgan fingerprint density at radius 1 is 1.26 bits per heavy atom. The van der Waals surface area contributed by atoms with E-state index in [4.69, 9.17) is 0 Å². The Labute approximate surface area is 114 Å². The van der Waals surface area contributed by atoms with Gasteiger partial charge in [0.2, 0.25) is 5.91 Å². The Morgan fingerprint density at radius 2 is 1.95 bits per heavy atom. The van der Waals surface area contributed by atoms with Gasteiger partial charge in [0.1, 0.15) is 0 Å². The van der Waals surface area contributed by atoms with E-state index in [2.05, 4.69) is 0 Å². The molecule has 0 N–H and O–H groups in total. The molecule has 1 unspecified atom stereocenters.